The van der Waals surface area contributed by atoms with Gasteiger partial charge in [-0.1, -0.05) is 35.0 Å². The Morgan fingerprint density at radius 1 is 1.28 bits per heavy atom. The molecule has 0 aliphatic rings. The lowest BCUT2D eigenvalue weighted by Crippen LogP contribution is -2.30. The Hall–Kier alpha value is -2.28. The van der Waals surface area contributed by atoms with E-state index < -0.39 is 0 Å². The molecule has 0 aliphatic heterocycles. The van der Waals surface area contributed by atoms with Crippen LogP contribution in [0.4, 0.5) is 5.82 Å². The molecule has 1 aromatic carbocycles. The zero-order valence-electron chi connectivity index (χ0n) is 14.7. The van der Waals surface area contributed by atoms with E-state index in [-0.39, 0.29) is 22.8 Å². The summed E-state index contributed by atoms with van der Waals surface area (Å²) in [6.45, 7) is 6.14. The van der Waals surface area contributed by atoms with Gasteiger partial charge in [-0.3, -0.25) is 9.59 Å². The monoisotopic (exact) mass is 361 g/mol. The number of aromatic nitrogens is 1. The Bertz CT molecular complexity index is 730. The lowest BCUT2D eigenvalue weighted by molar-refractivity contribution is -0.118. The van der Waals surface area contributed by atoms with Crippen LogP contribution in [0.1, 0.15) is 23.8 Å². The summed E-state index contributed by atoms with van der Waals surface area (Å²) in [6, 6.07) is 9.86. The molecule has 0 fully saturated rings. The molecule has 1 heterocycles. The number of hydrogen-bond donors (Lipinski definition) is 2. The number of nitrogens with zero attached hydrogens (tertiary/aromatic N) is 1. The average Bonchev–Trinajstić information content (AvgIpc) is 2.97. The second kappa shape index (κ2) is 9.27. The number of rotatable bonds is 8. The highest BCUT2D eigenvalue weighted by Crippen LogP contribution is 2.14. The van der Waals surface area contributed by atoms with Gasteiger partial charge in [-0.15, -0.1) is 11.8 Å². The second-order valence-corrected chi connectivity index (χ2v) is 7.18. The third-order valence-electron chi connectivity index (χ3n) is 3.53. The smallest absolute Gasteiger partial charge is 0.238 e. The molecule has 1 unspecified atom stereocenters. The van der Waals surface area contributed by atoms with Crippen LogP contribution >= 0.6 is 11.8 Å². The molecule has 2 aromatic rings. The van der Waals surface area contributed by atoms with Gasteiger partial charge in [0.1, 0.15) is 5.76 Å². The number of thioether (sulfide) groups is 1. The molecule has 0 aliphatic carbocycles. The van der Waals surface area contributed by atoms with Crippen LogP contribution < -0.4 is 10.6 Å². The average molecular weight is 361 g/mol. The number of benzene rings is 1. The molecule has 0 bridgehead atoms. The topological polar surface area (TPSA) is 84.2 Å². The standard InChI is InChI=1S/C18H23N3O3S/c1-12-5-4-6-15(9-12)7-8-19-17(22)11-25-14(3)18(23)20-16-10-13(2)24-21-16/h4-6,9-10,14H,7-8,11H2,1-3H3,(H,19,22)(H,20,21,23). The minimum Gasteiger partial charge on any atom is -0.360 e. The first-order valence-corrected chi connectivity index (χ1v) is 9.17. The molecule has 0 spiro atoms. The highest BCUT2D eigenvalue weighted by atomic mass is 32.2. The maximum atomic E-state index is 12.0. The molecule has 0 saturated carbocycles. The Morgan fingerprint density at radius 2 is 2.08 bits per heavy atom. The molecular weight excluding hydrogens is 338 g/mol. The van der Waals surface area contributed by atoms with Gasteiger partial charge in [-0.25, -0.2) is 0 Å². The van der Waals surface area contributed by atoms with Crippen LogP contribution in [0.5, 0.6) is 0 Å². The van der Waals surface area contributed by atoms with Gasteiger partial charge in [0.2, 0.25) is 11.8 Å². The van der Waals surface area contributed by atoms with E-state index in [4.69, 9.17) is 4.52 Å². The number of hydrogen-bond acceptors (Lipinski definition) is 5. The summed E-state index contributed by atoms with van der Waals surface area (Å²) in [7, 11) is 0. The van der Waals surface area contributed by atoms with Crippen molar-refractivity contribution in [3.8, 4) is 0 Å². The highest BCUT2D eigenvalue weighted by Gasteiger charge is 2.16. The van der Waals surface area contributed by atoms with Crippen molar-refractivity contribution in [3.63, 3.8) is 0 Å². The Labute approximate surface area is 151 Å². The van der Waals surface area contributed by atoms with Gasteiger partial charge in [-0.05, 0) is 32.8 Å². The molecule has 1 aromatic heterocycles. The SMILES string of the molecule is Cc1cccc(CCNC(=O)CSC(C)C(=O)Nc2cc(C)on2)c1. The van der Waals surface area contributed by atoms with Gasteiger partial charge >= 0.3 is 0 Å². The number of carbonyl (C=O) groups excluding carboxylic acids is 2. The highest BCUT2D eigenvalue weighted by molar-refractivity contribution is 8.01. The van der Waals surface area contributed by atoms with Gasteiger partial charge < -0.3 is 15.2 Å². The summed E-state index contributed by atoms with van der Waals surface area (Å²) in [4.78, 5) is 23.9. The minimum absolute atomic E-state index is 0.0745. The van der Waals surface area contributed by atoms with Crippen molar-refractivity contribution in [1.29, 1.82) is 0 Å². The fourth-order valence-corrected chi connectivity index (χ4v) is 2.91. The van der Waals surface area contributed by atoms with Crippen LogP contribution in [-0.2, 0) is 16.0 Å². The number of amides is 2. The van der Waals surface area contributed by atoms with E-state index in [9.17, 15) is 9.59 Å². The maximum absolute atomic E-state index is 12.0. The van der Waals surface area contributed by atoms with E-state index in [0.29, 0.717) is 18.1 Å². The van der Waals surface area contributed by atoms with E-state index in [1.165, 1.54) is 22.9 Å². The first-order chi connectivity index (χ1) is 11.9. The summed E-state index contributed by atoms with van der Waals surface area (Å²) in [5.41, 5.74) is 2.41. The van der Waals surface area contributed by atoms with Crippen LogP contribution in [0.15, 0.2) is 34.9 Å². The summed E-state index contributed by atoms with van der Waals surface area (Å²) in [5, 5.41) is 8.89. The zero-order valence-corrected chi connectivity index (χ0v) is 15.5. The summed E-state index contributed by atoms with van der Waals surface area (Å²) in [6.07, 6.45) is 0.791. The molecule has 6 nitrogen and oxygen atoms in total. The molecule has 1 atom stereocenters. The molecule has 2 amide bonds. The van der Waals surface area contributed by atoms with Gasteiger partial charge in [0.25, 0.3) is 0 Å². The summed E-state index contributed by atoms with van der Waals surface area (Å²) in [5.74, 6) is 0.974. The molecule has 25 heavy (non-hydrogen) atoms. The van der Waals surface area contributed by atoms with Crippen molar-refractivity contribution in [2.75, 3.05) is 17.6 Å². The number of aryl methyl sites for hydroxylation is 2. The van der Waals surface area contributed by atoms with Gasteiger partial charge in [-0.2, -0.15) is 0 Å². The van der Waals surface area contributed by atoms with Crippen molar-refractivity contribution >= 4 is 29.4 Å². The van der Waals surface area contributed by atoms with Gasteiger partial charge in [0.15, 0.2) is 5.82 Å². The summed E-state index contributed by atoms with van der Waals surface area (Å²) < 4.78 is 4.90. The predicted molar refractivity (Wildman–Crippen MR) is 99.7 cm³/mol. The quantitative estimate of drug-likeness (QED) is 0.755. The largest absolute Gasteiger partial charge is 0.360 e. The van der Waals surface area contributed by atoms with Crippen molar-refractivity contribution in [2.24, 2.45) is 0 Å². The predicted octanol–water partition coefficient (Wildman–Crippen LogP) is 2.71. The minimum atomic E-state index is -0.362. The van der Waals surface area contributed by atoms with Crippen molar-refractivity contribution in [2.45, 2.75) is 32.4 Å². The van der Waals surface area contributed by atoms with Crippen LogP contribution in [-0.4, -0.2) is 34.5 Å². The van der Waals surface area contributed by atoms with E-state index in [0.717, 1.165) is 6.42 Å². The van der Waals surface area contributed by atoms with Crippen LogP contribution in [0, 0.1) is 13.8 Å². The fourth-order valence-electron chi connectivity index (χ4n) is 2.19. The third kappa shape index (κ3) is 6.62. The molecular formula is C18H23N3O3S. The summed E-state index contributed by atoms with van der Waals surface area (Å²) >= 11 is 1.28. The Kier molecular flexibility index (Phi) is 7.06. The fraction of sp³-hybridized carbons (Fsp3) is 0.389. The zero-order chi connectivity index (χ0) is 18.2. The number of anilines is 1. The van der Waals surface area contributed by atoms with Crippen LogP contribution in [0.25, 0.3) is 0 Å². The van der Waals surface area contributed by atoms with Crippen LogP contribution in [0.3, 0.4) is 0 Å². The normalized spacial score (nSPS) is 11.8. The van der Waals surface area contributed by atoms with Crippen molar-refractivity contribution in [1.82, 2.24) is 10.5 Å². The van der Waals surface area contributed by atoms with Gasteiger partial charge in [0, 0.05) is 12.6 Å². The third-order valence-corrected chi connectivity index (χ3v) is 4.67. The molecule has 2 N–H and O–H groups in total. The Morgan fingerprint density at radius 3 is 2.76 bits per heavy atom. The van der Waals surface area contributed by atoms with Crippen LogP contribution in [0.2, 0.25) is 0 Å². The lowest BCUT2D eigenvalue weighted by Gasteiger charge is -2.10. The first kappa shape index (κ1) is 19.1. The number of carbonyl (C=O) groups is 2. The molecule has 0 radical (unpaired) electrons. The van der Waals surface area contributed by atoms with E-state index in [1.54, 1.807) is 19.9 Å². The number of nitrogens with one attached hydrogen (secondary N) is 2. The Balaban J connectivity index is 1.65. The van der Waals surface area contributed by atoms with Gasteiger partial charge in [0.05, 0.1) is 11.0 Å². The molecule has 7 heteroatoms. The molecule has 134 valence electrons. The molecule has 0 saturated heterocycles. The van der Waals surface area contributed by atoms with E-state index in [1.807, 2.05) is 25.1 Å². The van der Waals surface area contributed by atoms with Crippen molar-refractivity contribution in [3.05, 3.63) is 47.2 Å². The van der Waals surface area contributed by atoms with Crippen molar-refractivity contribution < 1.29 is 14.1 Å². The maximum Gasteiger partial charge on any atom is 0.238 e. The van der Waals surface area contributed by atoms with E-state index in [2.05, 4.69) is 21.9 Å². The first-order valence-electron chi connectivity index (χ1n) is 8.12. The lowest BCUT2D eigenvalue weighted by atomic mass is 10.1. The second-order valence-electron chi connectivity index (χ2n) is 5.85. The molecule has 2 rings (SSSR count). The van der Waals surface area contributed by atoms with E-state index >= 15 is 0 Å².